The Kier molecular flexibility index (Phi) is 2.95. The number of carbonyl (C=O) groups is 1. The topological polar surface area (TPSA) is 37.3 Å². The molecule has 0 aliphatic heterocycles. The summed E-state index contributed by atoms with van der Waals surface area (Å²) >= 11 is 0. The molecule has 0 amide bonds. The first-order valence-electron chi connectivity index (χ1n) is 3.71. The van der Waals surface area contributed by atoms with Gasteiger partial charge in [-0.15, -0.1) is 0 Å². The lowest BCUT2D eigenvalue weighted by atomic mass is 10.1. The minimum atomic E-state index is -1.78. The SMILES string of the molecule is O=C(O)CC(F)c1ccccc1F. The van der Waals surface area contributed by atoms with E-state index >= 15 is 0 Å². The first kappa shape index (κ1) is 9.64. The summed E-state index contributed by atoms with van der Waals surface area (Å²) in [5.74, 6) is -1.99. The van der Waals surface area contributed by atoms with Crippen LogP contribution in [0, 0.1) is 5.82 Å². The molecule has 0 bridgehead atoms. The summed E-state index contributed by atoms with van der Waals surface area (Å²) in [6.45, 7) is 0. The number of alkyl halides is 1. The zero-order valence-electron chi connectivity index (χ0n) is 6.71. The highest BCUT2D eigenvalue weighted by atomic mass is 19.1. The van der Waals surface area contributed by atoms with E-state index in [-0.39, 0.29) is 5.56 Å². The molecule has 0 saturated carbocycles. The van der Waals surface area contributed by atoms with E-state index in [0.29, 0.717) is 0 Å². The highest BCUT2D eigenvalue weighted by Crippen LogP contribution is 2.23. The summed E-state index contributed by atoms with van der Waals surface area (Å²) in [4.78, 5) is 10.1. The van der Waals surface area contributed by atoms with Gasteiger partial charge in [0.05, 0.1) is 6.42 Å². The highest BCUT2D eigenvalue weighted by molar-refractivity contribution is 5.67. The molecule has 0 saturated heterocycles. The van der Waals surface area contributed by atoms with Gasteiger partial charge < -0.3 is 5.11 Å². The predicted molar refractivity (Wildman–Crippen MR) is 42.5 cm³/mol. The third-order valence-corrected chi connectivity index (χ3v) is 1.60. The van der Waals surface area contributed by atoms with Crippen LogP contribution in [0.25, 0.3) is 0 Å². The van der Waals surface area contributed by atoms with E-state index in [4.69, 9.17) is 5.11 Å². The summed E-state index contributed by atoms with van der Waals surface area (Å²) < 4.78 is 25.9. The van der Waals surface area contributed by atoms with Crippen molar-refractivity contribution >= 4 is 5.97 Å². The quantitative estimate of drug-likeness (QED) is 0.786. The Balaban J connectivity index is 2.82. The Bertz CT molecular complexity index is 312. The van der Waals surface area contributed by atoms with E-state index in [9.17, 15) is 13.6 Å². The third-order valence-electron chi connectivity index (χ3n) is 1.60. The minimum absolute atomic E-state index is 0.204. The predicted octanol–water partition coefficient (Wildman–Crippen LogP) is 2.31. The lowest BCUT2D eigenvalue weighted by Gasteiger charge is -2.05. The van der Waals surface area contributed by atoms with E-state index in [1.807, 2.05) is 0 Å². The van der Waals surface area contributed by atoms with E-state index in [2.05, 4.69) is 0 Å². The number of hydrogen-bond acceptors (Lipinski definition) is 1. The Labute approximate surface area is 73.8 Å². The van der Waals surface area contributed by atoms with Crippen LogP contribution in [-0.2, 0) is 4.79 Å². The maximum atomic E-state index is 13.0. The first-order chi connectivity index (χ1) is 6.11. The van der Waals surface area contributed by atoms with Gasteiger partial charge in [-0.2, -0.15) is 0 Å². The molecular formula is C9H8F2O2. The molecule has 1 aromatic carbocycles. The molecule has 0 aromatic heterocycles. The Morgan fingerprint density at radius 1 is 1.46 bits per heavy atom. The fraction of sp³-hybridized carbons (Fsp3) is 0.222. The molecule has 0 radical (unpaired) electrons. The van der Waals surface area contributed by atoms with E-state index in [1.54, 1.807) is 0 Å². The van der Waals surface area contributed by atoms with Gasteiger partial charge in [0.1, 0.15) is 12.0 Å². The molecule has 1 atom stereocenters. The summed E-state index contributed by atoms with van der Waals surface area (Å²) in [5.41, 5.74) is -0.204. The Hall–Kier alpha value is -1.45. The number of benzene rings is 1. The molecule has 1 aromatic rings. The number of aliphatic carboxylic acids is 1. The van der Waals surface area contributed by atoms with Gasteiger partial charge in [-0.1, -0.05) is 18.2 Å². The number of carboxylic acids is 1. The lowest BCUT2D eigenvalue weighted by molar-refractivity contribution is -0.138. The van der Waals surface area contributed by atoms with Gasteiger partial charge in [-0.3, -0.25) is 4.79 Å². The van der Waals surface area contributed by atoms with Crippen molar-refractivity contribution in [3.63, 3.8) is 0 Å². The van der Waals surface area contributed by atoms with Crippen molar-refractivity contribution in [2.75, 3.05) is 0 Å². The molecule has 13 heavy (non-hydrogen) atoms. The molecule has 0 aliphatic carbocycles. The second-order valence-electron chi connectivity index (χ2n) is 2.59. The van der Waals surface area contributed by atoms with Gasteiger partial charge in [0.15, 0.2) is 0 Å². The van der Waals surface area contributed by atoms with Crippen molar-refractivity contribution in [1.29, 1.82) is 0 Å². The average Bonchev–Trinajstić information content (AvgIpc) is 2.03. The molecule has 0 fully saturated rings. The van der Waals surface area contributed by atoms with Crippen molar-refractivity contribution in [3.05, 3.63) is 35.6 Å². The number of rotatable bonds is 3. The molecule has 1 unspecified atom stereocenters. The molecular weight excluding hydrogens is 178 g/mol. The zero-order valence-corrected chi connectivity index (χ0v) is 6.71. The van der Waals surface area contributed by atoms with Crippen molar-refractivity contribution < 1.29 is 18.7 Å². The maximum Gasteiger partial charge on any atom is 0.306 e. The largest absolute Gasteiger partial charge is 0.481 e. The molecule has 4 heteroatoms. The van der Waals surface area contributed by atoms with Gasteiger partial charge in [-0.05, 0) is 6.07 Å². The van der Waals surface area contributed by atoms with Crippen LogP contribution in [0.5, 0.6) is 0 Å². The number of carboxylic acid groups (broad SMARTS) is 1. The van der Waals surface area contributed by atoms with Crippen molar-refractivity contribution in [2.45, 2.75) is 12.6 Å². The molecule has 0 spiro atoms. The highest BCUT2D eigenvalue weighted by Gasteiger charge is 2.17. The van der Waals surface area contributed by atoms with Crippen LogP contribution in [0.3, 0.4) is 0 Å². The average molecular weight is 186 g/mol. The van der Waals surface area contributed by atoms with E-state index < -0.39 is 24.4 Å². The van der Waals surface area contributed by atoms with Crippen LogP contribution in [0.2, 0.25) is 0 Å². The monoisotopic (exact) mass is 186 g/mol. The third kappa shape index (κ3) is 2.50. The van der Waals surface area contributed by atoms with Gasteiger partial charge in [-0.25, -0.2) is 8.78 Å². The van der Waals surface area contributed by atoms with Crippen LogP contribution in [0.4, 0.5) is 8.78 Å². The second-order valence-corrected chi connectivity index (χ2v) is 2.59. The Morgan fingerprint density at radius 2 is 2.08 bits per heavy atom. The van der Waals surface area contributed by atoms with Crippen LogP contribution in [0.1, 0.15) is 18.2 Å². The van der Waals surface area contributed by atoms with Crippen LogP contribution in [-0.4, -0.2) is 11.1 Å². The fourth-order valence-corrected chi connectivity index (χ4v) is 0.992. The summed E-state index contributed by atoms with van der Waals surface area (Å²) in [6.07, 6.45) is -2.49. The van der Waals surface area contributed by atoms with Gasteiger partial charge in [0.25, 0.3) is 0 Å². The van der Waals surface area contributed by atoms with Gasteiger partial charge in [0.2, 0.25) is 0 Å². The molecule has 70 valence electrons. The van der Waals surface area contributed by atoms with Crippen molar-refractivity contribution in [1.82, 2.24) is 0 Å². The maximum absolute atomic E-state index is 13.0. The fourth-order valence-electron chi connectivity index (χ4n) is 0.992. The molecule has 1 rings (SSSR count). The normalized spacial score (nSPS) is 12.5. The smallest absolute Gasteiger partial charge is 0.306 e. The summed E-state index contributed by atoms with van der Waals surface area (Å²) in [7, 11) is 0. The summed E-state index contributed by atoms with van der Waals surface area (Å²) in [5, 5.41) is 8.27. The zero-order chi connectivity index (χ0) is 9.84. The number of hydrogen-bond donors (Lipinski definition) is 1. The van der Waals surface area contributed by atoms with Crippen molar-refractivity contribution in [3.8, 4) is 0 Å². The first-order valence-corrected chi connectivity index (χ1v) is 3.71. The molecule has 0 aliphatic rings. The van der Waals surface area contributed by atoms with E-state index in [1.165, 1.54) is 18.2 Å². The molecule has 0 heterocycles. The van der Waals surface area contributed by atoms with Crippen LogP contribution in [0.15, 0.2) is 24.3 Å². The molecule has 1 N–H and O–H groups in total. The Morgan fingerprint density at radius 3 is 2.62 bits per heavy atom. The molecule has 2 nitrogen and oxygen atoms in total. The van der Waals surface area contributed by atoms with Gasteiger partial charge in [0, 0.05) is 5.56 Å². The van der Waals surface area contributed by atoms with Gasteiger partial charge >= 0.3 is 5.97 Å². The van der Waals surface area contributed by atoms with Crippen molar-refractivity contribution in [2.24, 2.45) is 0 Å². The standard InChI is InChI=1S/C9H8F2O2/c10-7-4-2-1-3-6(7)8(11)5-9(12)13/h1-4,8H,5H2,(H,12,13). The summed E-state index contributed by atoms with van der Waals surface area (Å²) in [6, 6.07) is 5.23. The minimum Gasteiger partial charge on any atom is -0.481 e. The van der Waals surface area contributed by atoms with E-state index in [0.717, 1.165) is 6.07 Å². The number of halogens is 2. The van der Waals surface area contributed by atoms with Crippen LogP contribution >= 0.6 is 0 Å². The second kappa shape index (κ2) is 3.98. The lowest BCUT2D eigenvalue weighted by Crippen LogP contribution is -2.03. The van der Waals surface area contributed by atoms with Crippen LogP contribution < -0.4 is 0 Å².